The Balaban J connectivity index is 2.43. The van der Waals surface area contributed by atoms with Gasteiger partial charge < -0.3 is 19.9 Å². The molecule has 0 unspecified atom stereocenters. The Morgan fingerprint density at radius 2 is 2.00 bits per heavy atom. The maximum absolute atomic E-state index is 11.9. The van der Waals surface area contributed by atoms with Crippen LogP contribution in [0.5, 0.6) is 0 Å². The summed E-state index contributed by atoms with van der Waals surface area (Å²) < 4.78 is 9.88. The third kappa shape index (κ3) is 5.56. The second kappa shape index (κ2) is 8.52. The minimum Gasteiger partial charge on any atom is -0.480 e. The van der Waals surface area contributed by atoms with Gasteiger partial charge in [-0.1, -0.05) is 0 Å². The smallest absolute Gasteiger partial charge is 0.326 e. The number of rotatable bonds is 7. The topological polar surface area (TPSA) is 102 Å². The lowest BCUT2D eigenvalue weighted by atomic mass is 9.98. The number of hydrogen-bond acceptors (Lipinski definition) is 5. The van der Waals surface area contributed by atoms with Crippen molar-refractivity contribution >= 4 is 17.8 Å². The molecule has 114 valence electrons. The zero-order chi connectivity index (χ0) is 15.0. The van der Waals surface area contributed by atoms with Gasteiger partial charge >= 0.3 is 11.9 Å². The van der Waals surface area contributed by atoms with Crippen molar-refractivity contribution < 1.29 is 29.0 Å². The van der Waals surface area contributed by atoms with E-state index in [4.69, 9.17) is 14.6 Å². The number of carboxylic acids is 1. The van der Waals surface area contributed by atoms with Crippen LogP contribution in [0.25, 0.3) is 0 Å². The van der Waals surface area contributed by atoms with Crippen LogP contribution in [-0.4, -0.2) is 48.8 Å². The first-order chi connectivity index (χ1) is 9.54. The van der Waals surface area contributed by atoms with E-state index < -0.39 is 18.0 Å². The summed E-state index contributed by atoms with van der Waals surface area (Å²) in [6, 6.07) is -1.06. The van der Waals surface area contributed by atoms with Crippen LogP contribution in [0.15, 0.2) is 0 Å². The van der Waals surface area contributed by atoms with Crippen LogP contribution < -0.4 is 5.32 Å². The van der Waals surface area contributed by atoms with Gasteiger partial charge in [-0.05, 0) is 26.2 Å². The molecular weight excluding hydrogens is 266 g/mol. The zero-order valence-electron chi connectivity index (χ0n) is 11.6. The summed E-state index contributed by atoms with van der Waals surface area (Å²) >= 11 is 0. The fourth-order valence-corrected chi connectivity index (χ4v) is 2.00. The molecule has 0 saturated carbocycles. The largest absolute Gasteiger partial charge is 0.480 e. The van der Waals surface area contributed by atoms with Crippen molar-refractivity contribution in [2.45, 2.75) is 38.6 Å². The first-order valence-corrected chi connectivity index (χ1v) is 6.81. The second-order valence-corrected chi connectivity index (χ2v) is 4.63. The van der Waals surface area contributed by atoms with Gasteiger partial charge in [0.15, 0.2) is 0 Å². The third-order valence-corrected chi connectivity index (χ3v) is 3.15. The molecule has 0 aromatic rings. The number of amides is 1. The number of carboxylic acid groups (broad SMARTS) is 1. The van der Waals surface area contributed by atoms with Crippen LogP contribution >= 0.6 is 0 Å². The van der Waals surface area contributed by atoms with Gasteiger partial charge in [0.05, 0.1) is 6.61 Å². The summed E-state index contributed by atoms with van der Waals surface area (Å²) in [4.78, 5) is 34.2. The summed E-state index contributed by atoms with van der Waals surface area (Å²) in [5.41, 5.74) is 0. The Bertz CT molecular complexity index is 351. The molecule has 2 N–H and O–H groups in total. The molecule has 1 rings (SSSR count). The quantitative estimate of drug-likeness (QED) is 0.654. The molecule has 1 aliphatic heterocycles. The highest BCUT2D eigenvalue weighted by Crippen LogP contribution is 2.15. The molecule has 1 saturated heterocycles. The van der Waals surface area contributed by atoms with Gasteiger partial charge in [-0.3, -0.25) is 9.59 Å². The molecule has 20 heavy (non-hydrogen) atoms. The summed E-state index contributed by atoms with van der Waals surface area (Å²) in [6.07, 6.45) is 1.19. The Morgan fingerprint density at radius 3 is 2.55 bits per heavy atom. The zero-order valence-corrected chi connectivity index (χ0v) is 11.6. The molecule has 1 fully saturated rings. The van der Waals surface area contributed by atoms with E-state index in [-0.39, 0.29) is 31.3 Å². The Hall–Kier alpha value is -1.63. The SMILES string of the molecule is CCOC(=O)CC[C@H](NC(=O)C1CCOCC1)C(=O)O. The van der Waals surface area contributed by atoms with Crippen LogP contribution in [-0.2, 0) is 23.9 Å². The molecule has 1 atom stereocenters. The Labute approximate surface area is 117 Å². The summed E-state index contributed by atoms with van der Waals surface area (Å²) in [5, 5.41) is 11.6. The van der Waals surface area contributed by atoms with Gasteiger partial charge in [0.1, 0.15) is 6.04 Å². The molecular formula is C13H21NO6. The van der Waals surface area contributed by atoms with Crippen LogP contribution in [0.1, 0.15) is 32.6 Å². The molecule has 0 aromatic carbocycles. The van der Waals surface area contributed by atoms with Gasteiger partial charge in [0.25, 0.3) is 0 Å². The van der Waals surface area contributed by atoms with Crippen LogP contribution in [0, 0.1) is 5.92 Å². The van der Waals surface area contributed by atoms with Gasteiger partial charge in [-0.25, -0.2) is 4.79 Å². The maximum atomic E-state index is 11.9. The average Bonchev–Trinajstić information content (AvgIpc) is 2.44. The lowest BCUT2D eigenvalue weighted by Crippen LogP contribution is -2.45. The van der Waals surface area contributed by atoms with Crippen molar-refractivity contribution in [3.05, 3.63) is 0 Å². The van der Waals surface area contributed by atoms with Crippen molar-refractivity contribution in [3.63, 3.8) is 0 Å². The highest BCUT2D eigenvalue weighted by atomic mass is 16.5. The van der Waals surface area contributed by atoms with Crippen LogP contribution in [0.4, 0.5) is 0 Å². The molecule has 7 heteroatoms. The fourth-order valence-electron chi connectivity index (χ4n) is 2.00. The summed E-state index contributed by atoms with van der Waals surface area (Å²) in [6.45, 7) is 2.96. The molecule has 0 bridgehead atoms. The van der Waals surface area contributed by atoms with E-state index in [2.05, 4.69) is 5.32 Å². The first-order valence-electron chi connectivity index (χ1n) is 6.81. The molecule has 1 aliphatic rings. The molecule has 1 heterocycles. The number of carbonyl (C=O) groups excluding carboxylic acids is 2. The fraction of sp³-hybridized carbons (Fsp3) is 0.769. The second-order valence-electron chi connectivity index (χ2n) is 4.63. The van der Waals surface area contributed by atoms with Gasteiger partial charge in [-0.15, -0.1) is 0 Å². The van der Waals surface area contributed by atoms with Gasteiger partial charge in [0, 0.05) is 25.6 Å². The predicted octanol–water partition coefficient (Wildman–Crippen LogP) is 0.326. The van der Waals surface area contributed by atoms with Crippen LogP contribution in [0.3, 0.4) is 0 Å². The number of nitrogens with one attached hydrogen (secondary N) is 1. The number of carbonyl (C=O) groups is 3. The summed E-state index contributed by atoms with van der Waals surface area (Å²) in [7, 11) is 0. The molecule has 0 spiro atoms. The number of esters is 1. The number of aliphatic carboxylic acids is 1. The van der Waals surface area contributed by atoms with E-state index in [9.17, 15) is 14.4 Å². The van der Waals surface area contributed by atoms with Crippen molar-refractivity contribution in [2.75, 3.05) is 19.8 Å². The van der Waals surface area contributed by atoms with Crippen molar-refractivity contribution in [1.29, 1.82) is 0 Å². The van der Waals surface area contributed by atoms with E-state index in [0.717, 1.165) is 0 Å². The number of ether oxygens (including phenoxy) is 2. The normalized spacial score (nSPS) is 17.2. The van der Waals surface area contributed by atoms with E-state index >= 15 is 0 Å². The Morgan fingerprint density at radius 1 is 1.35 bits per heavy atom. The molecule has 0 radical (unpaired) electrons. The Kier molecular flexibility index (Phi) is 7.00. The first kappa shape index (κ1) is 16.4. The van der Waals surface area contributed by atoms with E-state index in [1.165, 1.54) is 0 Å². The predicted molar refractivity (Wildman–Crippen MR) is 69.0 cm³/mol. The van der Waals surface area contributed by atoms with E-state index in [1.54, 1.807) is 6.92 Å². The highest BCUT2D eigenvalue weighted by molar-refractivity contribution is 5.85. The van der Waals surface area contributed by atoms with Crippen molar-refractivity contribution in [3.8, 4) is 0 Å². The molecule has 0 aliphatic carbocycles. The standard InChI is InChI=1S/C13H21NO6/c1-2-20-11(15)4-3-10(13(17)18)14-12(16)9-5-7-19-8-6-9/h9-10H,2-8H2,1H3,(H,14,16)(H,17,18)/t10-/m0/s1. The van der Waals surface area contributed by atoms with Crippen molar-refractivity contribution in [1.82, 2.24) is 5.32 Å². The summed E-state index contributed by atoms with van der Waals surface area (Å²) in [5.74, 6) is -2.11. The van der Waals surface area contributed by atoms with Gasteiger partial charge in [-0.2, -0.15) is 0 Å². The lowest BCUT2D eigenvalue weighted by Gasteiger charge is -2.23. The highest BCUT2D eigenvalue weighted by Gasteiger charge is 2.27. The van der Waals surface area contributed by atoms with Crippen molar-refractivity contribution in [2.24, 2.45) is 5.92 Å². The van der Waals surface area contributed by atoms with E-state index in [1.807, 2.05) is 0 Å². The molecule has 0 aromatic heterocycles. The lowest BCUT2D eigenvalue weighted by molar-refractivity contribution is -0.146. The maximum Gasteiger partial charge on any atom is 0.326 e. The van der Waals surface area contributed by atoms with Crippen LogP contribution in [0.2, 0.25) is 0 Å². The third-order valence-electron chi connectivity index (χ3n) is 3.15. The van der Waals surface area contributed by atoms with E-state index in [0.29, 0.717) is 26.1 Å². The molecule has 7 nitrogen and oxygen atoms in total. The average molecular weight is 287 g/mol. The monoisotopic (exact) mass is 287 g/mol. The minimum atomic E-state index is -1.14. The minimum absolute atomic E-state index is 0.0289. The number of hydrogen-bond donors (Lipinski definition) is 2. The molecule has 1 amide bonds. The van der Waals surface area contributed by atoms with Gasteiger partial charge in [0.2, 0.25) is 5.91 Å².